The highest BCUT2D eigenvalue weighted by atomic mass is 79.9. The van der Waals surface area contributed by atoms with Gasteiger partial charge in [-0.2, -0.15) is 0 Å². The maximum Gasteiger partial charge on any atom is 0.0888 e. The van der Waals surface area contributed by atoms with Crippen LogP contribution in [0.15, 0.2) is 34.1 Å². The van der Waals surface area contributed by atoms with Crippen molar-refractivity contribution < 1.29 is 0 Å². The minimum Gasteiger partial charge on any atom is -0.306 e. The molecule has 1 unspecified atom stereocenters. The highest BCUT2D eigenvalue weighted by Crippen LogP contribution is 2.37. The summed E-state index contributed by atoms with van der Waals surface area (Å²) in [6, 6.07) is 11.2. The van der Waals surface area contributed by atoms with Gasteiger partial charge in [0.05, 0.1) is 14.9 Å². The van der Waals surface area contributed by atoms with E-state index in [0.717, 1.165) is 21.8 Å². The number of rotatable bonds is 6. The van der Waals surface area contributed by atoms with Gasteiger partial charge in [0.1, 0.15) is 0 Å². The minimum atomic E-state index is 0.208. The summed E-state index contributed by atoms with van der Waals surface area (Å²) in [5, 5.41) is 4.41. The predicted octanol–water partition coefficient (Wildman–Crippen LogP) is 6.38. The van der Waals surface area contributed by atoms with E-state index >= 15 is 0 Å². The average Bonchev–Trinajstić information content (AvgIpc) is 2.79. The van der Waals surface area contributed by atoms with Crippen molar-refractivity contribution in [3.63, 3.8) is 0 Å². The van der Waals surface area contributed by atoms with Crippen LogP contribution in [0.1, 0.15) is 55.2 Å². The highest BCUT2D eigenvalue weighted by molar-refractivity contribution is 9.11. The second-order valence-corrected chi connectivity index (χ2v) is 8.29. The van der Waals surface area contributed by atoms with Gasteiger partial charge in [0.25, 0.3) is 0 Å². The monoisotopic (exact) mass is 385 g/mol. The van der Waals surface area contributed by atoms with Crippen LogP contribution < -0.4 is 5.32 Å². The van der Waals surface area contributed by atoms with E-state index in [-0.39, 0.29) is 6.04 Å². The van der Waals surface area contributed by atoms with E-state index in [1.165, 1.54) is 16.0 Å². The summed E-state index contributed by atoms with van der Waals surface area (Å²) in [5.74, 6) is 0.562. The number of nitrogens with one attached hydrogen (secondary N) is 1. The van der Waals surface area contributed by atoms with Crippen LogP contribution in [0.25, 0.3) is 0 Å². The molecule has 0 spiro atoms. The molecule has 114 valence electrons. The molecule has 1 aromatic carbocycles. The van der Waals surface area contributed by atoms with E-state index in [1.54, 1.807) is 11.3 Å². The minimum absolute atomic E-state index is 0.208. The largest absolute Gasteiger partial charge is 0.306 e. The summed E-state index contributed by atoms with van der Waals surface area (Å²) in [6.45, 7) is 7.61. The van der Waals surface area contributed by atoms with Crippen LogP contribution in [-0.2, 0) is 0 Å². The summed E-state index contributed by atoms with van der Waals surface area (Å²) in [6.07, 6.45) is 1.11. The topological polar surface area (TPSA) is 12.0 Å². The molecular weight excluding hydrogens is 366 g/mol. The van der Waals surface area contributed by atoms with E-state index in [9.17, 15) is 0 Å². The molecule has 0 bridgehead atoms. The number of benzene rings is 1. The van der Waals surface area contributed by atoms with Gasteiger partial charge in [-0.1, -0.05) is 56.6 Å². The van der Waals surface area contributed by atoms with Gasteiger partial charge in [-0.3, -0.25) is 0 Å². The molecule has 21 heavy (non-hydrogen) atoms. The third kappa shape index (κ3) is 4.32. The quantitative estimate of drug-likeness (QED) is 0.607. The van der Waals surface area contributed by atoms with E-state index in [2.05, 4.69) is 72.3 Å². The Morgan fingerprint density at radius 3 is 2.29 bits per heavy atom. The molecule has 0 saturated heterocycles. The van der Waals surface area contributed by atoms with Crippen LogP contribution in [0, 0.1) is 0 Å². The zero-order chi connectivity index (χ0) is 15.4. The molecule has 0 aliphatic carbocycles. The fourth-order valence-corrected chi connectivity index (χ4v) is 4.10. The van der Waals surface area contributed by atoms with Crippen molar-refractivity contribution in [2.24, 2.45) is 0 Å². The lowest BCUT2D eigenvalue weighted by molar-refractivity contribution is 0.605. The van der Waals surface area contributed by atoms with Crippen molar-refractivity contribution in [3.8, 4) is 0 Å². The number of hydrogen-bond donors (Lipinski definition) is 1. The van der Waals surface area contributed by atoms with Gasteiger partial charge in [0.15, 0.2) is 0 Å². The Morgan fingerprint density at radius 1 is 1.19 bits per heavy atom. The van der Waals surface area contributed by atoms with Crippen molar-refractivity contribution in [1.82, 2.24) is 5.32 Å². The summed E-state index contributed by atoms with van der Waals surface area (Å²) in [5.41, 5.74) is 2.66. The van der Waals surface area contributed by atoms with Gasteiger partial charge in [0, 0.05) is 4.88 Å². The lowest BCUT2D eigenvalue weighted by Crippen LogP contribution is -2.22. The molecular formula is C17H21BrClNS. The molecule has 1 heterocycles. The van der Waals surface area contributed by atoms with Crippen LogP contribution in [0.3, 0.4) is 0 Å². The Hall–Kier alpha value is -0.350. The Labute approximate surface area is 144 Å². The third-order valence-corrected chi connectivity index (χ3v) is 6.02. The van der Waals surface area contributed by atoms with Crippen molar-refractivity contribution in [2.75, 3.05) is 6.54 Å². The van der Waals surface area contributed by atoms with Crippen molar-refractivity contribution in [3.05, 3.63) is 55.1 Å². The first-order valence-corrected chi connectivity index (χ1v) is 9.29. The first-order chi connectivity index (χ1) is 10.0. The zero-order valence-electron chi connectivity index (χ0n) is 12.6. The Balaban J connectivity index is 2.30. The van der Waals surface area contributed by atoms with Crippen LogP contribution in [0.2, 0.25) is 5.02 Å². The maximum absolute atomic E-state index is 6.20. The molecule has 1 nitrogen and oxygen atoms in total. The number of hydrogen-bond acceptors (Lipinski definition) is 2. The first-order valence-electron chi connectivity index (χ1n) is 7.30. The first kappa shape index (κ1) is 17.0. The molecule has 1 atom stereocenters. The van der Waals surface area contributed by atoms with Crippen LogP contribution in [0.4, 0.5) is 0 Å². The maximum atomic E-state index is 6.20. The molecule has 0 amide bonds. The molecule has 4 heteroatoms. The average molecular weight is 387 g/mol. The molecule has 2 aromatic rings. The van der Waals surface area contributed by atoms with Crippen LogP contribution in [0.5, 0.6) is 0 Å². The van der Waals surface area contributed by atoms with E-state index in [0.29, 0.717) is 5.92 Å². The third-order valence-electron chi connectivity index (χ3n) is 3.48. The predicted molar refractivity (Wildman–Crippen MR) is 97.7 cm³/mol. The Bertz CT molecular complexity index is 557. The standard InChI is InChI=1S/C17H21BrClNS/c1-4-9-20-16(15-10-14(19)17(18)21-15)13-7-5-12(6-8-13)11(2)3/h5-8,10-11,16,20H,4,9H2,1-3H3. The van der Waals surface area contributed by atoms with Crippen molar-refractivity contribution >= 4 is 38.9 Å². The highest BCUT2D eigenvalue weighted by Gasteiger charge is 2.17. The fourth-order valence-electron chi connectivity index (χ4n) is 2.25. The zero-order valence-corrected chi connectivity index (χ0v) is 15.8. The molecule has 2 rings (SSSR count). The molecule has 0 radical (unpaired) electrons. The second kappa shape index (κ2) is 7.77. The van der Waals surface area contributed by atoms with Crippen molar-refractivity contribution in [1.29, 1.82) is 0 Å². The van der Waals surface area contributed by atoms with Gasteiger partial charge in [0.2, 0.25) is 0 Å². The molecule has 1 aromatic heterocycles. The summed E-state index contributed by atoms with van der Waals surface area (Å²) in [7, 11) is 0. The Kier molecular flexibility index (Phi) is 6.30. The smallest absolute Gasteiger partial charge is 0.0888 e. The summed E-state index contributed by atoms with van der Waals surface area (Å²) < 4.78 is 1.00. The number of thiophene rings is 1. The molecule has 0 aliphatic heterocycles. The lowest BCUT2D eigenvalue weighted by atomic mass is 9.98. The van der Waals surface area contributed by atoms with Gasteiger partial charge in [-0.25, -0.2) is 0 Å². The van der Waals surface area contributed by atoms with E-state index in [1.807, 2.05) is 0 Å². The van der Waals surface area contributed by atoms with Crippen LogP contribution in [-0.4, -0.2) is 6.54 Å². The van der Waals surface area contributed by atoms with Gasteiger partial charge in [-0.05, 0) is 52.0 Å². The van der Waals surface area contributed by atoms with Gasteiger partial charge < -0.3 is 5.32 Å². The Morgan fingerprint density at radius 2 is 1.81 bits per heavy atom. The molecule has 0 saturated carbocycles. The molecule has 1 N–H and O–H groups in total. The van der Waals surface area contributed by atoms with E-state index < -0.39 is 0 Å². The van der Waals surface area contributed by atoms with Gasteiger partial charge >= 0.3 is 0 Å². The van der Waals surface area contributed by atoms with Crippen LogP contribution >= 0.6 is 38.9 Å². The summed E-state index contributed by atoms with van der Waals surface area (Å²) >= 11 is 11.4. The fraction of sp³-hybridized carbons (Fsp3) is 0.412. The normalized spacial score (nSPS) is 12.9. The molecule has 0 fully saturated rings. The molecule has 0 aliphatic rings. The van der Waals surface area contributed by atoms with Crippen molar-refractivity contribution in [2.45, 2.75) is 39.2 Å². The van der Waals surface area contributed by atoms with E-state index in [4.69, 9.17) is 11.6 Å². The lowest BCUT2D eigenvalue weighted by Gasteiger charge is -2.18. The SMILES string of the molecule is CCCNC(c1ccc(C(C)C)cc1)c1cc(Cl)c(Br)s1. The van der Waals surface area contributed by atoms with Gasteiger partial charge in [-0.15, -0.1) is 11.3 Å². The second-order valence-electron chi connectivity index (χ2n) is 5.48. The number of halogens is 2. The summed E-state index contributed by atoms with van der Waals surface area (Å²) in [4.78, 5) is 1.25.